The van der Waals surface area contributed by atoms with E-state index in [4.69, 9.17) is 10.8 Å². The largest absolute Gasteiger partial charge is 0.481 e. The van der Waals surface area contributed by atoms with E-state index in [1.165, 1.54) is 0 Å². The third-order valence-electron chi connectivity index (χ3n) is 2.15. The van der Waals surface area contributed by atoms with Crippen molar-refractivity contribution in [2.24, 2.45) is 11.7 Å². The first-order chi connectivity index (χ1) is 4.70. The van der Waals surface area contributed by atoms with Gasteiger partial charge in [-0.3, -0.25) is 4.79 Å². The second-order valence-electron chi connectivity index (χ2n) is 2.95. The van der Waals surface area contributed by atoms with Crippen LogP contribution in [0.5, 0.6) is 0 Å². The third kappa shape index (κ3) is 3.08. The third-order valence-corrected chi connectivity index (χ3v) is 2.15. The van der Waals surface area contributed by atoms with Crippen molar-refractivity contribution in [3.05, 3.63) is 0 Å². The van der Waals surface area contributed by atoms with Crippen molar-refractivity contribution in [2.75, 3.05) is 0 Å². The van der Waals surface area contributed by atoms with Crippen LogP contribution >= 0.6 is 12.4 Å². The summed E-state index contributed by atoms with van der Waals surface area (Å²) in [6, 6.07) is 0.135. The van der Waals surface area contributed by atoms with Crippen LogP contribution in [0.3, 0.4) is 0 Å². The highest BCUT2D eigenvalue weighted by Gasteiger charge is 2.25. The molecule has 0 saturated heterocycles. The molecule has 0 radical (unpaired) electrons. The summed E-state index contributed by atoms with van der Waals surface area (Å²) in [5.74, 6) is -0.486. The van der Waals surface area contributed by atoms with Crippen molar-refractivity contribution in [1.82, 2.24) is 0 Å². The quantitative estimate of drug-likeness (QED) is 0.665. The predicted molar refractivity (Wildman–Crippen MR) is 44.8 cm³/mol. The van der Waals surface area contributed by atoms with Gasteiger partial charge in [0, 0.05) is 12.5 Å². The van der Waals surface area contributed by atoms with Crippen LogP contribution in [-0.4, -0.2) is 17.1 Å². The molecule has 0 bridgehead atoms. The smallest absolute Gasteiger partial charge is 0.303 e. The maximum Gasteiger partial charge on any atom is 0.303 e. The molecule has 3 N–H and O–H groups in total. The lowest BCUT2D eigenvalue weighted by atomic mass is 10.0. The molecular weight excluding hydrogens is 166 g/mol. The number of nitrogens with two attached hydrogens (primary N) is 1. The second kappa shape index (κ2) is 4.57. The Morgan fingerprint density at radius 3 is 2.55 bits per heavy atom. The van der Waals surface area contributed by atoms with Crippen molar-refractivity contribution < 1.29 is 9.90 Å². The molecule has 1 aliphatic carbocycles. The zero-order chi connectivity index (χ0) is 7.56. The lowest BCUT2D eigenvalue weighted by Crippen LogP contribution is -2.26. The molecule has 0 unspecified atom stereocenters. The molecule has 0 amide bonds. The van der Waals surface area contributed by atoms with Gasteiger partial charge in [0.05, 0.1) is 0 Å². The highest BCUT2D eigenvalue weighted by atomic mass is 35.5. The Hall–Kier alpha value is -0.280. The van der Waals surface area contributed by atoms with Gasteiger partial charge in [-0.2, -0.15) is 0 Å². The molecule has 0 aromatic rings. The Morgan fingerprint density at radius 2 is 2.18 bits per heavy atom. The van der Waals surface area contributed by atoms with Gasteiger partial charge in [-0.05, 0) is 18.8 Å². The summed E-state index contributed by atoms with van der Waals surface area (Å²) in [6.07, 6.45) is 3.34. The topological polar surface area (TPSA) is 63.3 Å². The molecule has 2 atom stereocenters. The van der Waals surface area contributed by atoms with Gasteiger partial charge < -0.3 is 10.8 Å². The summed E-state index contributed by atoms with van der Waals surface area (Å²) in [6.45, 7) is 0. The van der Waals surface area contributed by atoms with Crippen LogP contribution in [-0.2, 0) is 4.79 Å². The summed E-state index contributed by atoms with van der Waals surface area (Å²) in [7, 11) is 0. The van der Waals surface area contributed by atoms with Gasteiger partial charge in [-0.1, -0.05) is 6.42 Å². The monoisotopic (exact) mass is 179 g/mol. The Bertz CT molecular complexity index is 140. The summed E-state index contributed by atoms with van der Waals surface area (Å²) >= 11 is 0. The summed E-state index contributed by atoms with van der Waals surface area (Å²) < 4.78 is 0. The van der Waals surface area contributed by atoms with E-state index in [1.807, 2.05) is 0 Å². The summed E-state index contributed by atoms with van der Waals surface area (Å²) in [4.78, 5) is 10.2. The van der Waals surface area contributed by atoms with E-state index < -0.39 is 5.97 Å². The van der Waals surface area contributed by atoms with Gasteiger partial charge in [-0.15, -0.1) is 12.4 Å². The number of carboxylic acid groups (broad SMARTS) is 1. The number of hydrogen-bond acceptors (Lipinski definition) is 2. The first-order valence-electron chi connectivity index (χ1n) is 3.67. The van der Waals surface area contributed by atoms with Crippen LogP contribution in [0.1, 0.15) is 25.7 Å². The fourth-order valence-electron chi connectivity index (χ4n) is 1.54. The lowest BCUT2D eigenvalue weighted by molar-refractivity contribution is -0.138. The molecule has 3 nitrogen and oxygen atoms in total. The molecule has 1 aliphatic rings. The minimum atomic E-state index is -0.720. The van der Waals surface area contributed by atoms with E-state index in [0.717, 1.165) is 19.3 Å². The number of aliphatic carboxylic acids is 1. The normalized spacial score (nSPS) is 29.5. The maximum absolute atomic E-state index is 10.2. The molecule has 1 saturated carbocycles. The van der Waals surface area contributed by atoms with Gasteiger partial charge >= 0.3 is 5.97 Å². The van der Waals surface area contributed by atoms with Crippen LogP contribution in [0.2, 0.25) is 0 Å². The minimum Gasteiger partial charge on any atom is -0.481 e. The van der Waals surface area contributed by atoms with Crippen molar-refractivity contribution in [3.63, 3.8) is 0 Å². The Balaban J connectivity index is 0.000001000. The lowest BCUT2D eigenvalue weighted by Gasteiger charge is -2.11. The van der Waals surface area contributed by atoms with Crippen LogP contribution < -0.4 is 5.73 Å². The molecule has 0 aliphatic heterocycles. The zero-order valence-corrected chi connectivity index (χ0v) is 7.14. The van der Waals surface area contributed by atoms with Crippen LogP contribution in [0.15, 0.2) is 0 Å². The van der Waals surface area contributed by atoms with Gasteiger partial charge in [0.2, 0.25) is 0 Å². The maximum atomic E-state index is 10.2. The standard InChI is InChI=1S/C7H13NO2.ClH/c8-6-3-1-2-5(6)4-7(9)10;/h5-6H,1-4,8H2,(H,9,10);1H/t5-,6+;/m0./s1. The molecule has 66 valence electrons. The van der Waals surface area contributed by atoms with E-state index >= 15 is 0 Å². The van der Waals surface area contributed by atoms with E-state index in [-0.39, 0.29) is 30.8 Å². The number of halogens is 1. The van der Waals surface area contributed by atoms with E-state index in [9.17, 15) is 4.79 Å². The molecule has 11 heavy (non-hydrogen) atoms. The fourth-order valence-corrected chi connectivity index (χ4v) is 1.54. The van der Waals surface area contributed by atoms with Gasteiger partial charge in [0.15, 0.2) is 0 Å². The van der Waals surface area contributed by atoms with Crippen molar-refractivity contribution in [2.45, 2.75) is 31.7 Å². The fraction of sp³-hybridized carbons (Fsp3) is 0.857. The van der Waals surface area contributed by atoms with Gasteiger partial charge in [0.25, 0.3) is 0 Å². The average molecular weight is 180 g/mol. The molecular formula is C7H14ClNO2. The number of hydrogen-bond donors (Lipinski definition) is 2. The molecule has 4 heteroatoms. The van der Waals surface area contributed by atoms with E-state index in [0.29, 0.717) is 0 Å². The van der Waals surface area contributed by atoms with Crippen LogP contribution in [0.25, 0.3) is 0 Å². The zero-order valence-electron chi connectivity index (χ0n) is 6.32. The molecule has 0 aromatic heterocycles. The van der Waals surface area contributed by atoms with Crippen LogP contribution in [0, 0.1) is 5.92 Å². The SMILES string of the molecule is Cl.N[C@@H]1CCC[C@H]1CC(=O)O. The van der Waals surface area contributed by atoms with Gasteiger partial charge in [-0.25, -0.2) is 0 Å². The Kier molecular flexibility index (Phi) is 4.45. The van der Waals surface area contributed by atoms with Gasteiger partial charge in [0.1, 0.15) is 0 Å². The van der Waals surface area contributed by atoms with Crippen molar-refractivity contribution >= 4 is 18.4 Å². The number of rotatable bonds is 2. The molecule has 0 heterocycles. The molecule has 0 spiro atoms. The van der Waals surface area contributed by atoms with E-state index in [2.05, 4.69) is 0 Å². The highest BCUT2D eigenvalue weighted by Crippen LogP contribution is 2.26. The number of carboxylic acids is 1. The molecule has 1 rings (SSSR count). The second-order valence-corrected chi connectivity index (χ2v) is 2.95. The Morgan fingerprint density at radius 1 is 1.55 bits per heavy atom. The Labute approximate surface area is 72.4 Å². The predicted octanol–water partition coefficient (Wildman–Crippen LogP) is 1.01. The van der Waals surface area contributed by atoms with Crippen LogP contribution in [0.4, 0.5) is 0 Å². The minimum absolute atomic E-state index is 0. The number of carbonyl (C=O) groups is 1. The first kappa shape index (κ1) is 10.7. The molecule has 1 fully saturated rings. The summed E-state index contributed by atoms with van der Waals surface area (Å²) in [5, 5.41) is 8.44. The van der Waals surface area contributed by atoms with Crippen molar-refractivity contribution in [1.29, 1.82) is 0 Å². The average Bonchev–Trinajstić information content (AvgIpc) is 2.15. The van der Waals surface area contributed by atoms with Crippen molar-refractivity contribution in [3.8, 4) is 0 Å². The molecule has 0 aromatic carbocycles. The first-order valence-corrected chi connectivity index (χ1v) is 3.67. The summed E-state index contributed by atoms with van der Waals surface area (Å²) in [5.41, 5.74) is 5.66. The van der Waals surface area contributed by atoms with E-state index in [1.54, 1.807) is 0 Å². The highest BCUT2D eigenvalue weighted by molar-refractivity contribution is 5.85.